The van der Waals surface area contributed by atoms with E-state index in [0.717, 1.165) is 41.3 Å². The molecule has 0 N–H and O–H groups in total. The average molecular weight is 593 g/mol. The quantitative estimate of drug-likeness (QED) is 0.107. The van der Waals surface area contributed by atoms with Gasteiger partial charge in [-0.05, 0) is 118 Å². The first-order chi connectivity index (χ1) is 22.6. The lowest BCUT2D eigenvalue weighted by molar-refractivity contribution is 1.00. The maximum Gasteiger partial charge on any atom is 0.140 e. The Morgan fingerprint density at radius 3 is 2.09 bits per heavy atom. The lowest BCUT2D eigenvalue weighted by Gasteiger charge is -2.22. The zero-order valence-corrected chi connectivity index (χ0v) is 26.6. The molecule has 1 aliphatic rings. The van der Waals surface area contributed by atoms with Crippen molar-refractivity contribution in [2.24, 2.45) is 0 Å². The van der Waals surface area contributed by atoms with Crippen LogP contribution >= 0.6 is 0 Å². The lowest BCUT2D eigenvalue weighted by atomic mass is 9.82. The number of hydrogen-bond acceptors (Lipinski definition) is 1. The Labute approximate surface area is 271 Å². The van der Waals surface area contributed by atoms with Crippen LogP contribution in [0, 0.1) is 19.3 Å². The molecule has 0 aliphatic heterocycles. The van der Waals surface area contributed by atoms with E-state index in [0.29, 0.717) is 0 Å². The monoisotopic (exact) mass is 592 g/mol. The van der Waals surface area contributed by atoms with E-state index < -0.39 is 0 Å². The number of terminal acetylenes is 1. The first-order valence-corrected chi connectivity index (χ1v) is 15.9. The molecular weight excluding hydrogens is 556 g/mol. The van der Waals surface area contributed by atoms with E-state index in [1.165, 1.54) is 54.9 Å². The number of benzene rings is 5. The molecule has 6 aromatic rings. The molecule has 0 radical (unpaired) electrons. The van der Waals surface area contributed by atoms with Gasteiger partial charge < -0.3 is 0 Å². The average Bonchev–Trinajstić information content (AvgIpc) is 3.42. The molecule has 0 fully saturated rings. The van der Waals surface area contributed by atoms with Crippen molar-refractivity contribution in [3.63, 3.8) is 0 Å². The summed E-state index contributed by atoms with van der Waals surface area (Å²) in [7, 11) is 0. The van der Waals surface area contributed by atoms with E-state index >= 15 is 0 Å². The lowest BCUT2D eigenvalue weighted by Crippen LogP contribution is -2.02. The fourth-order valence-electron chi connectivity index (χ4n) is 6.94. The summed E-state index contributed by atoms with van der Waals surface area (Å²) in [6.45, 7) is 6.18. The minimum atomic E-state index is 0.905. The van der Waals surface area contributed by atoms with E-state index in [1.54, 1.807) is 6.08 Å². The Bertz CT molecular complexity index is 2220. The molecular formula is C44H36N2. The molecule has 0 saturated carbocycles. The fraction of sp³-hybridized carbons (Fsp3) is 0.114. The molecule has 2 nitrogen and oxygen atoms in total. The van der Waals surface area contributed by atoms with E-state index in [1.807, 2.05) is 19.1 Å². The molecule has 1 aromatic heterocycles. The highest BCUT2D eigenvalue weighted by molar-refractivity contribution is 6.19. The molecule has 222 valence electrons. The predicted octanol–water partition coefficient (Wildman–Crippen LogP) is 11.3. The number of rotatable bonds is 6. The highest BCUT2D eigenvalue weighted by atomic mass is 15.1. The standard InChI is InChI=1S/C44H36N2/c1-5-7-8-16-30(3)44-45-31(4)41(15-6-2)46(44)36-27-25-33(26-28-36)42-37-19-11-13-21-39(37)43(40-22-14-12-20-38(40)42)35-24-23-32-17-9-10-18-34(32)29-35/h1,6-22,25-29H,23-24H2,2-4H3/b8-7-,15-6-,30-16+. The number of aromatic nitrogens is 2. The highest BCUT2D eigenvalue weighted by Gasteiger charge is 2.21. The van der Waals surface area contributed by atoms with Gasteiger partial charge in [0, 0.05) is 5.69 Å². The molecule has 1 heterocycles. The van der Waals surface area contributed by atoms with Crippen LogP contribution < -0.4 is 0 Å². The maximum atomic E-state index is 5.44. The number of nitrogens with zero attached hydrogens (tertiary/aromatic N) is 2. The molecule has 0 spiro atoms. The Kier molecular flexibility index (Phi) is 7.83. The summed E-state index contributed by atoms with van der Waals surface area (Å²) in [4.78, 5) is 4.97. The maximum absolute atomic E-state index is 5.44. The van der Waals surface area contributed by atoms with Gasteiger partial charge in [0.05, 0.1) is 11.4 Å². The molecule has 0 unspecified atom stereocenters. The van der Waals surface area contributed by atoms with Gasteiger partial charge in [-0.3, -0.25) is 4.57 Å². The normalized spacial score (nSPS) is 13.4. The van der Waals surface area contributed by atoms with Gasteiger partial charge in [-0.2, -0.15) is 0 Å². The zero-order chi connectivity index (χ0) is 31.6. The third-order valence-corrected chi connectivity index (χ3v) is 9.03. The summed E-state index contributed by atoms with van der Waals surface area (Å²) in [5.41, 5.74) is 12.2. The van der Waals surface area contributed by atoms with Crippen LogP contribution in [-0.2, 0) is 6.42 Å². The van der Waals surface area contributed by atoms with Crippen LogP contribution in [0.5, 0.6) is 0 Å². The van der Waals surface area contributed by atoms with E-state index in [2.05, 4.69) is 140 Å². The van der Waals surface area contributed by atoms with Gasteiger partial charge in [0.1, 0.15) is 5.82 Å². The van der Waals surface area contributed by atoms with Gasteiger partial charge in [-0.25, -0.2) is 4.98 Å². The first kappa shape index (κ1) is 29.1. The van der Waals surface area contributed by atoms with Crippen molar-refractivity contribution in [2.75, 3.05) is 0 Å². The van der Waals surface area contributed by atoms with Gasteiger partial charge in [0.25, 0.3) is 0 Å². The SMILES string of the molecule is C#C/C=C\C=C(/C)c1nc(C)c(/C=C\C)n1-c1ccc(-c2c3ccccc3c(C3=Cc4ccccc4CC3)c3ccccc23)cc1. The van der Waals surface area contributed by atoms with Crippen LogP contribution in [0.2, 0.25) is 0 Å². The van der Waals surface area contributed by atoms with Crippen molar-refractivity contribution < 1.29 is 0 Å². The summed E-state index contributed by atoms with van der Waals surface area (Å²) in [6, 6.07) is 35.6. The zero-order valence-electron chi connectivity index (χ0n) is 26.6. The summed E-state index contributed by atoms with van der Waals surface area (Å²) >= 11 is 0. The second-order valence-electron chi connectivity index (χ2n) is 11.9. The topological polar surface area (TPSA) is 17.8 Å². The van der Waals surface area contributed by atoms with Crippen LogP contribution in [-0.4, -0.2) is 9.55 Å². The number of aryl methyl sites for hydroxylation is 2. The second kappa shape index (κ2) is 12.4. The predicted molar refractivity (Wildman–Crippen MR) is 198 cm³/mol. The Hall–Kier alpha value is -5.65. The Balaban J connectivity index is 1.41. The van der Waals surface area contributed by atoms with Crippen LogP contribution in [0.3, 0.4) is 0 Å². The van der Waals surface area contributed by atoms with Crippen LogP contribution in [0.15, 0.2) is 121 Å². The Morgan fingerprint density at radius 1 is 0.804 bits per heavy atom. The van der Waals surface area contributed by atoms with Gasteiger partial charge in [-0.15, -0.1) is 6.42 Å². The van der Waals surface area contributed by atoms with Crippen LogP contribution in [0.4, 0.5) is 0 Å². The minimum Gasteiger partial charge on any atom is -0.293 e. The third-order valence-electron chi connectivity index (χ3n) is 9.03. The van der Waals surface area contributed by atoms with Crippen molar-refractivity contribution in [1.82, 2.24) is 9.55 Å². The molecule has 0 atom stereocenters. The van der Waals surface area contributed by atoms with Crippen LogP contribution in [0.25, 0.3) is 61.7 Å². The second-order valence-corrected chi connectivity index (χ2v) is 11.9. The number of imidazole rings is 1. The summed E-state index contributed by atoms with van der Waals surface area (Å²) in [6.07, 6.45) is 19.8. The largest absolute Gasteiger partial charge is 0.293 e. The Morgan fingerprint density at radius 2 is 1.43 bits per heavy atom. The van der Waals surface area contributed by atoms with E-state index in [9.17, 15) is 0 Å². The number of allylic oxidation sites excluding steroid dienone is 6. The number of fused-ring (bicyclic) bond motifs is 3. The van der Waals surface area contributed by atoms with Gasteiger partial charge in [0.15, 0.2) is 0 Å². The van der Waals surface area contributed by atoms with Crippen molar-refractivity contribution >= 4 is 44.8 Å². The molecule has 1 aliphatic carbocycles. The van der Waals surface area contributed by atoms with Crippen molar-refractivity contribution in [1.29, 1.82) is 0 Å². The fourth-order valence-corrected chi connectivity index (χ4v) is 6.94. The van der Waals surface area contributed by atoms with Crippen molar-refractivity contribution in [2.45, 2.75) is 33.6 Å². The molecule has 2 heteroatoms. The highest BCUT2D eigenvalue weighted by Crippen LogP contribution is 2.44. The molecule has 46 heavy (non-hydrogen) atoms. The van der Waals surface area contributed by atoms with Crippen LogP contribution in [0.1, 0.15) is 54.2 Å². The molecule has 0 saturated heterocycles. The molecule has 7 rings (SSSR count). The third kappa shape index (κ3) is 5.11. The summed E-state index contributed by atoms with van der Waals surface area (Å²) in [5.74, 6) is 3.47. The van der Waals surface area contributed by atoms with E-state index in [4.69, 9.17) is 11.4 Å². The summed E-state index contributed by atoms with van der Waals surface area (Å²) < 4.78 is 2.24. The van der Waals surface area contributed by atoms with E-state index in [-0.39, 0.29) is 0 Å². The van der Waals surface area contributed by atoms with Crippen molar-refractivity contribution in [3.8, 4) is 29.2 Å². The molecule has 0 bridgehead atoms. The summed E-state index contributed by atoms with van der Waals surface area (Å²) in [5, 5.41) is 5.15. The van der Waals surface area contributed by atoms with Gasteiger partial charge in [0.2, 0.25) is 0 Å². The number of hydrogen-bond donors (Lipinski definition) is 0. The van der Waals surface area contributed by atoms with Gasteiger partial charge >= 0.3 is 0 Å². The van der Waals surface area contributed by atoms with Gasteiger partial charge in [-0.1, -0.05) is 115 Å². The van der Waals surface area contributed by atoms with Crippen molar-refractivity contribution in [3.05, 3.63) is 155 Å². The molecule has 0 amide bonds. The first-order valence-electron chi connectivity index (χ1n) is 15.9. The minimum absolute atomic E-state index is 0.905. The molecule has 5 aromatic carbocycles. The smallest absolute Gasteiger partial charge is 0.140 e.